The maximum atomic E-state index is 11.4. The first-order valence-corrected chi connectivity index (χ1v) is 9.58. The topological polar surface area (TPSA) is 46.2 Å². The number of thioether (sulfide) groups is 1. The fraction of sp³-hybridized carbons (Fsp3) is 0.250. The highest BCUT2D eigenvalue weighted by Gasteiger charge is 2.21. The smallest absolute Gasteiger partial charge is 0.175 e. The second-order valence-electron chi connectivity index (χ2n) is 5.23. The minimum atomic E-state index is -3.12. The molecule has 1 aliphatic rings. The van der Waals surface area contributed by atoms with E-state index in [0.717, 1.165) is 18.7 Å². The number of rotatable bonds is 4. The number of nitrogens with one attached hydrogen (secondary N) is 1. The second-order valence-corrected chi connectivity index (χ2v) is 8.59. The van der Waals surface area contributed by atoms with Crippen molar-refractivity contribution < 1.29 is 8.42 Å². The zero-order valence-electron chi connectivity index (χ0n) is 11.7. The lowest BCUT2D eigenvalue weighted by Crippen LogP contribution is -2.15. The molecular weight excluding hydrogens is 302 g/mol. The molecule has 0 saturated heterocycles. The maximum absolute atomic E-state index is 11.4. The molecule has 3 rings (SSSR count). The second kappa shape index (κ2) is 5.73. The molecule has 0 aromatic heterocycles. The van der Waals surface area contributed by atoms with Crippen LogP contribution in [0.25, 0.3) is 0 Å². The van der Waals surface area contributed by atoms with Gasteiger partial charge in [-0.05, 0) is 42.3 Å². The fourth-order valence-electron chi connectivity index (χ4n) is 2.42. The van der Waals surface area contributed by atoms with Crippen molar-refractivity contribution in [3.8, 4) is 0 Å². The Labute approximate surface area is 129 Å². The molecule has 2 aromatic rings. The Morgan fingerprint density at radius 2 is 1.86 bits per heavy atom. The lowest BCUT2D eigenvalue weighted by Gasteiger charge is -2.11. The summed E-state index contributed by atoms with van der Waals surface area (Å²) in [5, 5.41) is 3.91. The quantitative estimate of drug-likeness (QED) is 0.940. The van der Waals surface area contributed by atoms with Crippen LogP contribution in [0.5, 0.6) is 0 Å². The predicted octanol–water partition coefficient (Wildman–Crippen LogP) is 3.22. The molecule has 110 valence electrons. The highest BCUT2D eigenvalue weighted by molar-refractivity contribution is 8.00. The van der Waals surface area contributed by atoms with E-state index in [1.54, 1.807) is 12.1 Å². The molecule has 0 fully saturated rings. The molecule has 0 saturated carbocycles. The van der Waals surface area contributed by atoms with E-state index >= 15 is 0 Å². The van der Waals surface area contributed by atoms with Crippen molar-refractivity contribution >= 4 is 27.3 Å². The van der Waals surface area contributed by atoms with Gasteiger partial charge < -0.3 is 5.32 Å². The number of anilines is 1. The van der Waals surface area contributed by atoms with Crippen molar-refractivity contribution in [1.29, 1.82) is 0 Å². The van der Waals surface area contributed by atoms with Crippen molar-refractivity contribution in [3.63, 3.8) is 0 Å². The van der Waals surface area contributed by atoms with E-state index in [2.05, 4.69) is 29.6 Å². The van der Waals surface area contributed by atoms with Gasteiger partial charge >= 0.3 is 0 Å². The van der Waals surface area contributed by atoms with Gasteiger partial charge in [-0.15, -0.1) is 11.8 Å². The van der Waals surface area contributed by atoms with Crippen LogP contribution in [-0.4, -0.2) is 26.5 Å². The number of fused-ring (bicyclic) bond motifs is 1. The van der Waals surface area contributed by atoms with E-state index in [1.165, 1.54) is 16.7 Å². The summed E-state index contributed by atoms with van der Waals surface area (Å²) in [5.41, 5.74) is 2.38. The Bertz CT molecular complexity index is 714. The molecule has 0 spiro atoms. The van der Waals surface area contributed by atoms with Crippen molar-refractivity contribution in [2.45, 2.75) is 21.5 Å². The van der Waals surface area contributed by atoms with Crippen LogP contribution in [0.1, 0.15) is 5.56 Å². The SMILES string of the molecule is CS(=O)(=O)c1ccc(NCC2Cc3ccccc3S2)cc1. The van der Waals surface area contributed by atoms with E-state index in [1.807, 2.05) is 23.9 Å². The van der Waals surface area contributed by atoms with Crippen molar-refractivity contribution in [2.24, 2.45) is 0 Å². The minimum absolute atomic E-state index is 0.357. The monoisotopic (exact) mass is 319 g/mol. The molecule has 0 bridgehead atoms. The molecule has 0 amide bonds. The van der Waals surface area contributed by atoms with Crippen LogP contribution in [0.3, 0.4) is 0 Å². The van der Waals surface area contributed by atoms with Crippen LogP contribution in [0, 0.1) is 0 Å². The Morgan fingerprint density at radius 3 is 2.52 bits per heavy atom. The van der Waals surface area contributed by atoms with Gasteiger partial charge in [0.25, 0.3) is 0 Å². The molecule has 0 radical (unpaired) electrons. The highest BCUT2D eigenvalue weighted by Crippen LogP contribution is 2.36. The lowest BCUT2D eigenvalue weighted by atomic mass is 10.1. The largest absolute Gasteiger partial charge is 0.384 e. The Balaban J connectivity index is 1.60. The molecule has 21 heavy (non-hydrogen) atoms. The van der Waals surface area contributed by atoms with Gasteiger partial charge in [-0.3, -0.25) is 0 Å². The fourth-order valence-corrected chi connectivity index (χ4v) is 4.30. The first kappa shape index (κ1) is 14.5. The Hall–Kier alpha value is -1.46. The zero-order valence-corrected chi connectivity index (χ0v) is 13.4. The number of hydrogen-bond acceptors (Lipinski definition) is 4. The van der Waals surface area contributed by atoms with E-state index in [0.29, 0.717) is 10.1 Å². The third-order valence-corrected chi connectivity index (χ3v) is 5.98. The maximum Gasteiger partial charge on any atom is 0.175 e. The molecular formula is C16H17NO2S2. The first-order chi connectivity index (χ1) is 10.0. The normalized spacial score (nSPS) is 17.5. The number of sulfone groups is 1. The molecule has 3 nitrogen and oxygen atoms in total. The first-order valence-electron chi connectivity index (χ1n) is 6.81. The summed E-state index contributed by atoms with van der Waals surface area (Å²) < 4.78 is 22.8. The van der Waals surface area contributed by atoms with Gasteiger partial charge in [0, 0.05) is 28.6 Å². The highest BCUT2D eigenvalue weighted by atomic mass is 32.2. The molecule has 1 unspecified atom stereocenters. The van der Waals surface area contributed by atoms with E-state index < -0.39 is 9.84 Å². The van der Waals surface area contributed by atoms with Gasteiger partial charge in [0.15, 0.2) is 9.84 Å². The van der Waals surface area contributed by atoms with Crippen LogP contribution in [0.4, 0.5) is 5.69 Å². The third kappa shape index (κ3) is 3.41. The van der Waals surface area contributed by atoms with Crippen LogP contribution in [0.15, 0.2) is 58.3 Å². The van der Waals surface area contributed by atoms with Gasteiger partial charge in [0.1, 0.15) is 0 Å². The zero-order chi connectivity index (χ0) is 14.9. The lowest BCUT2D eigenvalue weighted by molar-refractivity contribution is 0.602. The summed E-state index contributed by atoms with van der Waals surface area (Å²) >= 11 is 1.90. The summed E-state index contributed by atoms with van der Waals surface area (Å²) in [6.45, 7) is 0.873. The summed E-state index contributed by atoms with van der Waals surface area (Å²) in [6, 6.07) is 15.4. The van der Waals surface area contributed by atoms with Crippen molar-refractivity contribution in [3.05, 3.63) is 54.1 Å². The Kier molecular flexibility index (Phi) is 3.95. The summed E-state index contributed by atoms with van der Waals surface area (Å²) in [6.07, 6.45) is 2.30. The van der Waals surface area contributed by atoms with Crippen molar-refractivity contribution in [2.75, 3.05) is 18.1 Å². The van der Waals surface area contributed by atoms with Gasteiger partial charge in [0.2, 0.25) is 0 Å². The average Bonchev–Trinajstić information content (AvgIpc) is 2.87. The van der Waals surface area contributed by atoms with Crippen LogP contribution >= 0.6 is 11.8 Å². The number of benzene rings is 2. The molecule has 2 aromatic carbocycles. The van der Waals surface area contributed by atoms with Crippen molar-refractivity contribution in [1.82, 2.24) is 0 Å². The van der Waals surface area contributed by atoms with Gasteiger partial charge in [-0.2, -0.15) is 0 Å². The van der Waals surface area contributed by atoms with Crippen LogP contribution in [-0.2, 0) is 16.3 Å². The summed E-state index contributed by atoms with van der Waals surface area (Å²) in [5.74, 6) is 0. The molecule has 1 heterocycles. The average molecular weight is 319 g/mol. The van der Waals surface area contributed by atoms with Crippen LogP contribution < -0.4 is 5.32 Å². The predicted molar refractivity (Wildman–Crippen MR) is 87.8 cm³/mol. The Morgan fingerprint density at radius 1 is 1.14 bits per heavy atom. The molecule has 1 aliphatic heterocycles. The molecule has 0 aliphatic carbocycles. The van der Waals surface area contributed by atoms with Gasteiger partial charge in [-0.25, -0.2) is 8.42 Å². The van der Waals surface area contributed by atoms with Gasteiger partial charge in [-0.1, -0.05) is 18.2 Å². The van der Waals surface area contributed by atoms with Gasteiger partial charge in [0.05, 0.1) is 4.90 Å². The minimum Gasteiger partial charge on any atom is -0.384 e. The van der Waals surface area contributed by atoms with E-state index in [-0.39, 0.29) is 0 Å². The summed E-state index contributed by atoms with van der Waals surface area (Å²) in [7, 11) is -3.12. The third-order valence-electron chi connectivity index (χ3n) is 3.53. The van der Waals surface area contributed by atoms with E-state index in [9.17, 15) is 8.42 Å². The standard InChI is InChI=1S/C16H17NO2S2/c1-21(18,19)15-8-6-13(7-9-15)17-11-14-10-12-4-2-3-5-16(12)20-14/h2-9,14,17H,10-11H2,1H3. The molecule has 1 atom stereocenters. The summed E-state index contributed by atoms with van der Waals surface area (Å²) in [4.78, 5) is 1.73. The number of hydrogen-bond donors (Lipinski definition) is 1. The molecule has 5 heteroatoms. The van der Waals surface area contributed by atoms with E-state index in [4.69, 9.17) is 0 Å². The van der Waals surface area contributed by atoms with Crippen LogP contribution in [0.2, 0.25) is 0 Å². The molecule has 1 N–H and O–H groups in total.